The number of aromatic carboxylic acids is 1. The average molecular weight is 272 g/mol. The van der Waals surface area contributed by atoms with E-state index in [1.807, 2.05) is 24.3 Å². The number of nitrogens with zero attached hydrogens (tertiary/aromatic N) is 1. The number of pyridine rings is 1. The maximum Gasteiger partial charge on any atom is 0.339 e. The van der Waals surface area contributed by atoms with Gasteiger partial charge < -0.3 is 10.4 Å². The summed E-state index contributed by atoms with van der Waals surface area (Å²) >= 11 is 0. The standard InChI is InChI=1S/C16H20N2O2/c1-2-3-4-7-10-17-15-12-8-5-6-9-14(12)18-11-13(15)16(19)20/h5-6,8-9,11H,2-4,7,10H2,1H3,(H,17,18)(H,19,20). The lowest BCUT2D eigenvalue weighted by Gasteiger charge is -2.12. The maximum absolute atomic E-state index is 11.3. The zero-order valence-corrected chi connectivity index (χ0v) is 11.7. The number of nitrogens with one attached hydrogen (secondary N) is 1. The van der Waals surface area contributed by atoms with Gasteiger partial charge in [0.1, 0.15) is 5.56 Å². The zero-order chi connectivity index (χ0) is 14.4. The van der Waals surface area contributed by atoms with E-state index < -0.39 is 5.97 Å². The Morgan fingerprint density at radius 2 is 2.05 bits per heavy atom. The number of aromatic nitrogens is 1. The highest BCUT2D eigenvalue weighted by Gasteiger charge is 2.13. The van der Waals surface area contributed by atoms with Crippen LogP contribution in [0.2, 0.25) is 0 Å². The van der Waals surface area contributed by atoms with Gasteiger partial charge in [-0.05, 0) is 12.5 Å². The van der Waals surface area contributed by atoms with E-state index in [0.29, 0.717) is 5.69 Å². The first kappa shape index (κ1) is 14.3. The SMILES string of the molecule is CCCCCCNc1c(C(=O)O)cnc2ccccc12. The van der Waals surface area contributed by atoms with Crippen molar-refractivity contribution in [3.63, 3.8) is 0 Å². The first-order chi connectivity index (χ1) is 9.74. The molecule has 2 N–H and O–H groups in total. The van der Waals surface area contributed by atoms with Crippen molar-refractivity contribution >= 4 is 22.6 Å². The molecule has 20 heavy (non-hydrogen) atoms. The largest absolute Gasteiger partial charge is 0.478 e. The topological polar surface area (TPSA) is 62.2 Å². The van der Waals surface area contributed by atoms with E-state index in [0.717, 1.165) is 30.3 Å². The quantitative estimate of drug-likeness (QED) is 0.750. The monoisotopic (exact) mass is 272 g/mol. The molecule has 0 saturated carbocycles. The Balaban J connectivity index is 2.23. The molecule has 2 aromatic rings. The van der Waals surface area contributed by atoms with Crippen molar-refractivity contribution in [1.29, 1.82) is 0 Å². The van der Waals surface area contributed by atoms with Gasteiger partial charge in [-0.1, -0.05) is 44.4 Å². The van der Waals surface area contributed by atoms with E-state index in [9.17, 15) is 9.90 Å². The number of hydrogen-bond acceptors (Lipinski definition) is 3. The van der Waals surface area contributed by atoms with Crippen LogP contribution in [0.1, 0.15) is 43.0 Å². The van der Waals surface area contributed by atoms with Gasteiger partial charge in [0.05, 0.1) is 11.2 Å². The zero-order valence-electron chi connectivity index (χ0n) is 11.7. The second kappa shape index (κ2) is 6.89. The molecule has 4 nitrogen and oxygen atoms in total. The van der Waals surface area contributed by atoms with Crippen LogP contribution in [0.4, 0.5) is 5.69 Å². The van der Waals surface area contributed by atoms with E-state index >= 15 is 0 Å². The Morgan fingerprint density at radius 3 is 2.80 bits per heavy atom. The number of rotatable bonds is 7. The van der Waals surface area contributed by atoms with Crippen molar-refractivity contribution in [2.24, 2.45) is 0 Å². The van der Waals surface area contributed by atoms with E-state index in [2.05, 4.69) is 17.2 Å². The molecule has 106 valence electrons. The fourth-order valence-corrected chi connectivity index (χ4v) is 2.26. The molecular formula is C16H20N2O2. The molecule has 0 amide bonds. The highest BCUT2D eigenvalue weighted by Crippen LogP contribution is 2.25. The van der Waals surface area contributed by atoms with E-state index in [4.69, 9.17) is 0 Å². The van der Waals surface area contributed by atoms with Crippen LogP contribution < -0.4 is 5.32 Å². The molecule has 0 aliphatic rings. The van der Waals surface area contributed by atoms with Crippen molar-refractivity contribution in [2.75, 3.05) is 11.9 Å². The Morgan fingerprint density at radius 1 is 1.25 bits per heavy atom. The molecule has 0 saturated heterocycles. The number of benzene rings is 1. The number of fused-ring (bicyclic) bond motifs is 1. The Kier molecular flexibility index (Phi) is 4.93. The van der Waals surface area contributed by atoms with E-state index in [1.54, 1.807) is 0 Å². The number of carbonyl (C=O) groups is 1. The van der Waals surface area contributed by atoms with Crippen molar-refractivity contribution in [1.82, 2.24) is 4.98 Å². The minimum atomic E-state index is -0.945. The summed E-state index contributed by atoms with van der Waals surface area (Å²) in [4.78, 5) is 15.5. The van der Waals surface area contributed by atoms with Crippen molar-refractivity contribution in [2.45, 2.75) is 32.6 Å². The number of anilines is 1. The van der Waals surface area contributed by atoms with Crippen LogP contribution in [0.25, 0.3) is 10.9 Å². The molecule has 1 aromatic carbocycles. The van der Waals surface area contributed by atoms with Crippen LogP contribution >= 0.6 is 0 Å². The number of unbranched alkanes of at least 4 members (excludes halogenated alkanes) is 3. The molecule has 2 rings (SSSR count). The van der Waals surface area contributed by atoms with Crippen molar-refractivity contribution < 1.29 is 9.90 Å². The number of para-hydroxylation sites is 1. The third kappa shape index (κ3) is 3.26. The number of carboxylic acids is 1. The molecule has 0 spiro atoms. The van der Waals surface area contributed by atoms with Crippen LogP contribution in [0.3, 0.4) is 0 Å². The summed E-state index contributed by atoms with van der Waals surface area (Å²) in [5.41, 5.74) is 1.73. The van der Waals surface area contributed by atoms with Gasteiger partial charge in [0.15, 0.2) is 0 Å². The summed E-state index contributed by atoms with van der Waals surface area (Å²) in [6.07, 6.45) is 6.04. The van der Waals surface area contributed by atoms with Crippen molar-refractivity contribution in [3.05, 3.63) is 36.0 Å². The summed E-state index contributed by atoms with van der Waals surface area (Å²) in [7, 11) is 0. The molecule has 0 fully saturated rings. The van der Waals surface area contributed by atoms with Gasteiger partial charge in [-0.25, -0.2) is 4.79 Å². The lowest BCUT2D eigenvalue weighted by Crippen LogP contribution is -2.09. The minimum Gasteiger partial charge on any atom is -0.478 e. The molecule has 1 aromatic heterocycles. The second-order valence-electron chi connectivity index (χ2n) is 4.86. The van der Waals surface area contributed by atoms with Gasteiger partial charge in [-0.3, -0.25) is 4.98 Å². The molecular weight excluding hydrogens is 252 g/mol. The average Bonchev–Trinajstić information content (AvgIpc) is 2.46. The summed E-state index contributed by atoms with van der Waals surface area (Å²) < 4.78 is 0. The summed E-state index contributed by atoms with van der Waals surface area (Å²) in [6, 6.07) is 7.60. The lowest BCUT2D eigenvalue weighted by molar-refractivity contribution is 0.0697. The van der Waals surface area contributed by atoms with Gasteiger partial charge in [0, 0.05) is 18.1 Å². The fraction of sp³-hybridized carbons (Fsp3) is 0.375. The van der Waals surface area contributed by atoms with Gasteiger partial charge in [-0.15, -0.1) is 0 Å². The Bertz CT molecular complexity index is 596. The van der Waals surface area contributed by atoms with Crippen LogP contribution in [0.15, 0.2) is 30.5 Å². The smallest absolute Gasteiger partial charge is 0.339 e. The molecule has 0 radical (unpaired) electrons. The molecule has 4 heteroatoms. The van der Waals surface area contributed by atoms with Crippen LogP contribution in [-0.4, -0.2) is 22.6 Å². The highest BCUT2D eigenvalue weighted by molar-refractivity contribution is 6.04. The van der Waals surface area contributed by atoms with Crippen LogP contribution in [0, 0.1) is 0 Å². The van der Waals surface area contributed by atoms with Crippen molar-refractivity contribution in [3.8, 4) is 0 Å². The number of carboxylic acid groups (broad SMARTS) is 1. The van der Waals surface area contributed by atoms with Gasteiger partial charge in [0.25, 0.3) is 0 Å². The minimum absolute atomic E-state index is 0.235. The first-order valence-corrected chi connectivity index (χ1v) is 7.09. The molecule has 0 unspecified atom stereocenters. The predicted octanol–water partition coefficient (Wildman–Crippen LogP) is 3.93. The second-order valence-corrected chi connectivity index (χ2v) is 4.86. The summed E-state index contributed by atoms with van der Waals surface area (Å²) in [5, 5.41) is 13.4. The van der Waals surface area contributed by atoms with Gasteiger partial charge >= 0.3 is 5.97 Å². The molecule has 0 aliphatic carbocycles. The third-order valence-electron chi connectivity index (χ3n) is 3.34. The Labute approximate surface area is 118 Å². The Hall–Kier alpha value is -2.10. The molecule has 0 aliphatic heterocycles. The first-order valence-electron chi connectivity index (χ1n) is 7.09. The third-order valence-corrected chi connectivity index (χ3v) is 3.34. The van der Waals surface area contributed by atoms with Crippen LogP contribution in [0.5, 0.6) is 0 Å². The summed E-state index contributed by atoms with van der Waals surface area (Å²) in [6.45, 7) is 2.96. The van der Waals surface area contributed by atoms with Crippen LogP contribution in [-0.2, 0) is 0 Å². The maximum atomic E-state index is 11.3. The molecule has 1 heterocycles. The fourth-order valence-electron chi connectivity index (χ4n) is 2.26. The lowest BCUT2D eigenvalue weighted by atomic mass is 10.1. The van der Waals surface area contributed by atoms with E-state index in [1.165, 1.54) is 19.0 Å². The molecule has 0 atom stereocenters. The normalized spacial score (nSPS) is 10.7. The summed E-state index contributed by atoms with van der Waals surface area (Å²) in [5.74, 6) is -0.945. The van der Waals surface area contributed by atoms with Gasteiger partial charge in [0.2, 0.25) is 0 Å². The van der Waals surface area contributed by atoms with E-state index in [-0.39, 0.29) is 5.56 Å². The predicted molar refractivity (Wildman–Crippen MR) is 81.3 cm³/mol. The molecule has 0 bridgehead atoms. The highest BCUT2D eigenvalue weighted by atomic mass is 16.4. The number of hydrogen-bond donors (Lipinski definition) is 2. The van der Waals surface area contributed by atoms with Gasteiger partial charge in [-0.2, -0.15) is 0 Å².